The van der Waals surface area contributed by atoms with Crippen molar-refractivity contribution >= 4 is 39.6 Å². The number of rotatable bonds is 5. The number of carbonyl (C=O) groups excluding carboxylic acids is 2. The van der Waals surface area contributed by atoms with Crippen LogP contribution in [0, 0.1) is 0 Å². The summed E-state index contributed by atoms with van der Waals surface area (Å²) in [7, 11) is 0. The number of imidazole rings is 1. The smallest absolute Gasteiger partial charge is 0.321 e. The van der Waals surface area contributed by atoms with Gasteiger partial charge in [-0.05, 0) is 38.1 Å². The normalized spacial score (nSPS) is 11.8. The van der Waals surface area contributed by atoms with Crippen molar-refractivity contribution in [2.75, 3.05) is 6.54 Å². The number of carbonyl (C=O) groups is 2. The second-order valence-corrected chi connectivity index (χ2v) is 6.89. The summed E-state index contributed by atoms with van der Waals surface area (Å²) in [6.45, 7) is 3.99. The SMILES string of the molecule is CCNC(=O)NC(=O)C(C)Sc1nccn1-c1ccc(Br)cc1. The van der Waals surface area contributed by atoms with Gasteiger partial charge in [-0.3, -0.25) is 14.7 Å². The fourth-order valence-corrected chi connectivity index (χ4v) is 2.95. The summed E-state index contributed by atoms with van der Waals surface area (Å²) in [5, 5.41) is 5.07. The molecule has 23 heavy (non-hydrogen) atoms. The zero-order valence-electron chi connectivity index (χ0n) is 12.7. The maximum Gasteiger partial charge on any atom is 0.321 e. The third-order valence-corrected chi connectivity index (χ3v) is 4.55. The Balaban J connectivity index is 2.06. The lowest BCUT2D eigenvalue weighted by Crippen LogP contribution is -2.42. The molecule has 0 fully saturated rings. The van der Waals surface area contributed by atoms with Gasteiger partial charge in [0.1, 0.15) is 0 Å². The fourth-order valence-electron chi connectivity index (χ4n) is 1.81. The molecule has 0 aliphatic heterocycles. The van der Waals surface area contributed by atoms with Gasteiger partial charge in [-0.25, -0.2) is 9.78 Å². The van der Waals surface area contributed by atoms with Crippen molar-refractivity contribution < 1.29 is 9.59 Å². The first-order valence-electron chi connectivity index (χ1n) is 7.06. The van der Waals surface area contributed by atoms with E-state index in [9.17, 15) is 9.59 Å². The van der Waals surface area contributed by atoms with E-state index in [1.54, 1.807) is 20.0 Å². The number of imide groups is 1. The first kappa shape index (κ1) is 17.6. The number of hydrogen-bond acceptors (Lipinski definition) is 4. The highest BCUT2D eigenvalue weighted by atomic mass is 79.9. The van der Waals surface area contributed by atoms with E-state index in [-0.39, 0.29) is 5.91 Å². The van der Waals surface area contributed by atoms with Crippen LogP contribution in [0.5, 0.6) is 0 Å². The average molecular weight is 397 g/mol. The van der Waals surface area contributed by atoms with Crippen molar-refractivity contribution in [1.82, 2.24) is 20.2 Å². The highest BCUT2D eigenvalue weighted by Gasteiger charge is 2.19. The van der Waals surface area contributed by atoms with Gasteiger partial charge in [0.2, 0.25) is 5.91 Å². The Morgan fingerprint density at radius 1 is 1.35 bits per heavy atom. The molecule has 1 aromatic heterocycles. The molecule has 8 heteroatoms. The van der Waals surface area contributed by atoms with E-state index in [0.29, 0.717) is 11.7 Å². The average Bonchev–Trinajstić information content (AvgIpc) is 2.96. The minimum Gasteiger partial charge on any atom is -0.338 e. The van der Waals surface area contributed by atoms with E-state index in [4.69, 9.17) is 0 Å². The third-order valence-electron chi connectivity index (χ3n) is 2.94. The Morgan fingerprint density at radius 3 is 2.70 bits per heavy atom. The molecule has 0 aliphatic carbocycles. The first-order valence-corrected chi connectivity index (χ1v) is 8.73. The van der Waals surface area contributed by atoms with Crippen molar-refractivity contribution in [2.24, 2.45) is 0 Å². The molecule has 0 bridgehead atoms. The van der Waals surface area contributed by atoms with Crippen LogP contribution in [0.3, 0.4) is 0 Å². The van der Waals surface area contributed by atoms with Crippen LogP contribution in [0.2, 0.25) is 0 Å². The molecule has 0 radical (unpaired) electrons. The van der Waals surface area contributed by atoms with Gasteiger partial charge >= 0.3 is 6.03 Å². The lowest BCUT2D eigenvalue weighted by Gasteiger charge is -2.12. The summed E-state index contributed by atoms with van der Waals surface area (Å²) < 4.78 is 2.89. The molecule has 0 saturated carbocycles. The Kier molecular flexibility index (Phi) is 6.23. The molecule has 2 rings (SSSR count). The Morgan fingerprint density at radius 2 is 2.04 bits per heavy atom. The lowest BCUT2D eigenvalue weighted by atomic mass is 10.3. The van der Waals surface area contributed by atoms with Crippen LogP contribution in [0.25, 0.3) is 5.69 Å². The number of nitrogens with zero attached hydrogens (tertiary/aromatic N) is 2. The van der Waals surface area contributed by atoms with Gasteiger partial charge in [-0.1, -0.05) is 27.7 Å². The van der Waals surface area contributed by atoms with Crippen LogP contribution < -0.4 is 10.6 Å². The van der Waals surface area contributed by atoms with Crippen LogP contribution in [-0.2, 0) is 4.79 Å². The molecule has 6 nitrogen and oxygen atoms in total. The van der Waals surface area contributed by atoms with E-state index in [1.807, 2.05) is 35.0 Å². The summed E-state index contributed by atoms with van der Waals surface area (Å²) in [6.07, 6.45) is 3.51. The van der Waals surface area contributed by atoms with Crippen LogP contribution >= 0.6 is 27.7 Å². The van der Waals surface area contributed by atoms with Crippen LogP contribution in [0.1, 0.15) is 13.8 Å². The van der Waals surface area contributed by atoms with Gasteiger partial charge in [-0.15, -0.1) is 0 Å². The topological polar surface area (TPSA) is 76.0 Å². The number of hydrogen-bond donors (Lipinski definition) is 2. The molecule has 2 aromatic rings. The summed E-state index contributed by atoms with van der Waals surface area (Å²) in [5.74, 6) is -0.355. The highest BCUT2D eigenvalue weighted by molar-refractivity contribution is 9.10. The summed E-state index contributed by atoms with van der Waals surface area (Å²) in [4.78, 5) is 27.7. The molecule has 3 amide bonds. The van der Waals surface area contributed by atoms with Gasteiger partial charge in [0.15, 0.2) is 5.16 Å². The van der Waals surface area contributed by atoms with Crippen molar-refractivity contribution in [3.8, 4) is 5.69 Å². The lowest BCUT2D eigenvalue weighted by molar-refractivity contribution is -0.119. The van der Waals surface area contributed by atoms with Crippen molar-refractivity contribution in [3.63, 3.8) is 0 Å². The number of aromatic nitrogens is 2. The van der Waals surface area contributed by atoms with Gasteiger partial charge in [0.25, 0.3) is 0 Å². The van der Waals surface area contributed by atoms with E-state index >= 15 is 0 Å². The molecular weight excluding hydrogens is 380 g/mol. The fraction of sp³-hybridized carbons (Fsp3) is 0.267. The maximum absolute atomic E-state index is 12.0. The molecular formula is C15H17BrN4O2S. The molecule has 1 heterocycles. The number of nitrogens with one attached hydrogen (secondary N) is 2. The summed E-state index contributed by atoms with van der Waals surface area (Å²) in [6, 6.07) is 7.30. The van der Waals surface area contributed by atoms with Crippen molar-refractivity contribution in [2.45, 2.75) is 24.3 Å². The van der Waals surface area contributed by atoms with Gasteiger partial charge in [0.05, 0.1) is 5.25 Å². The molecule has 0 aliphatic rings. The van der Waals surface area contributed by atoms with Crippen molar-refractivity contribution in [3.05, 3.63) is 41.1 Å². The molecule has 0 saturated heterocycles. The van der Waals surface area contributed by atoms with E-state index in [0.717, 1.165) is 10.2 Å². The Labute approximate surface area is 147 Å². The minimum atomic E-state index is -0.485. The number of amides is 3. The van der Waals surface area contributed by atoms with Gasteiger partial charge in [0, 0.05) is 29.1 Å². The minimum absolute atomic E-state index is 0.355. The zero-order valence-corrected chi connectivity index (χ0v) is 15.1. The summed E-state index contributed by atoms with van der Waals surface area (Å²) in [5.41, 5.74) is 0.949. The van der Waals surface area contributed by atoms with E-state index < -0.39 is 11.3 Å². The zero-order chi connectivity index (χ0) is 16.8. The second-order valence-electron chi connectivity index (χ2n) is 4.67. The quantitative estimate of drug-likeness (QED) is 0.761. The van der Waals surface area contributed by atoms with E-state index in [1.165, 1.54) is 11.8 Å². The largest absolute Gasteiger partial charge is 0.338 e. The monoisotopic (exact) mass is 396 g/mol. The van der Waals surface area contributed by atoms with Gasteiger partial charge in [-0.2, -0.15) is 0 Å². The van der Waals surface area contributed by atoms with Gasteiger partial charge < -0.3 is 5.32 Å². The number of benzene rings is 1. The standard InChI is InChI=1S/C15H17BrN4O2S/c1-3-17-14(22)19-13(21)10(2)23-15-18-8-9-20(15)12-6-4-11(16)5-7-12/h4-10H,3H2,1-2H3,(H2,17,19,21,22). The Bertz CT molecular complexity index is 687. The summed E-state index contributed by atoms with van der Waals surface area (Å²) >= 11 is 4.69. The van der Waals surface area contributed by atoms with E-state index in [2.05, 4.69) is 31.5 Å². The molecule has 1 aromatic carbocycles. The van der Waals surface area contributed by atoms with Crippen molar-refractivity contribution in [1.29, 1.82) is 0 Å². The number of thioether (sulfide) groups is 1. The number of urea groups is 1. The molecule has 0 spiro atoms. The maximum atomic E-state index is 12.0. The molecule has 2 N–H and O–H groups in total. The third kappa shape index (κ3) is 4.84. The first-order chi connectivity index (χ1) is 11.0. The highest BCUT2D eigenvalue weighted by Crippen LogP contribution is 2.25. The van der Waals surface area contributed by atoms with Crippen LogP contribution in [0.15, 0.2) is 46.3 Å². The number of halogens is 1. The second kappa shape index (κ2) is 8.16. The molecule has 122 valence electrons. The molecule has 1 atom stereocenters. The van der Waals surface area contributed by atoms with Crippen LogP contribution in [0.4, 0.5) is 4.79 Å². The predicted molar refractivity (Wildman–Crippen MR) is 93.8 cm³/mol. The predicted octanol–water partition coefficient (Wildman–Crippen LogP) is 2.96. The van der Waals surface area contributed by atoms with Crippen LogP contribution in [-0.4, -0.2) is 33.3 Å². The Hall–Kier alpha value is -1.80. The molecule has 1 unspecified atom stereocenters.